The second kappa shape index (κ2) is 7.74. The summed E-state index contributed by atoms with van der Waals surface area (Å²) in [5.74, 6) is 0. The Morgan fingerprint density at radius 2 is 1.86 bits per heavy atom. The molecule has 0 bridgehead atoms. The molecule has 0 atom stereocenters. The Bertz CT molecular complexity index is 501. The molecule has 1 saturated heterocycles. The molecule has 3 heteroatoms. The van der Waals surface area contributed by atoms with Gasteiger partial charge in [0, 0.05) is 12.6 Å². The maximum absolute atomic E-state index is 3.72. The van der Waals surface area contributed by atoms with Crippen LogP contribution in [0.25, 0.3) is 0 Å². The molecule has 3 rings (SSSR count). The SMILES string of the molecule is c1ccc(CN2CCC(NCCc3ccsc3)CC2)cc1. The Morgan fingerprint density at radius 3 is 2.57 bits per heavy atom. The number of nitrogens with one attached hydrogen (secondary N) is 1. The second-order valence-corrected chi connectivity index (χ2v) is 6.65. The zero-order valence-electron chi connectivity index (χ0n) is 12.5. The first-order valence-electron chi connectivity index (χ1n) is 7.91. The highest BCUT2D eigenvalue weighted by Gasteiger charge is 2.18. The topological polar surface area (TPSA) is 15.3 Å². The van der Waals surface area contributed by atoms with Gasteiger partial charge in [0.1, 0.15) is 0 Å². The van der Waals surface area contributed by atoms with Crippen LogP contribution in [-0.4, -0.2) is 30.6 Å². The Hall–Kier alpha value is -1.16. The van der Waals surface area contributed by atoms with Gasteiger partial charge in [0.15, 0.2) is 0 Å². The lowest BCUT2D eigenvalue weighted by Crippen LogP contribution is -2.42. The summed E-state index contributed by atoms with van der Waals surface area (Å²) in [4.78, 5) is 2.58. The number of benzene rings is 1. The first-order chi connectivity index (χ1) is 10.4. The highest BCUT2D eigenvalue weighted by molar-refractivity contribution is 7.07. The molecule has 0 radical (unpaired) electrons. The van der Waals surface area contributed by atoms with E-state index in [1.54, 1.807) is 11.3 Å². The van der Waals surface area contributed by atoms with E-state index in [9.17, 15) is 0 Å². The lowest BCUT2D eigenvalue weighted by Gasteiger charge is -2.32. The molecule has 0 amide bonds. The Labute approximate surface area is 131 Å². The number of thiophene rings is 1. The fourth-order valence-corrected chi connectivity index (χ4v) is 3.70. The molecular formula is C18H24N2S. The summed E-state index contributed by atoms with van der Waals surface area (Å²) in [6.07, 6.45) is 3.71. The molecule has 2 aromatic rings. The van der Waals surface area contributed by atoms with E-state index in [0.29, 0.717) is 6.04 Å². The summed E-state index contributed by atoms with van der Waals surface area (Å²) in [6, 6.07) is 13.7. The first kappa shape index (κ1) is 14.8. The fraction of sp³-hybridized carbons (Fsp3) is 0.444. The lowest BCUT2D eigenvalue weighted by molar-refractivity contribution is 0.191. The van der Waals surface area contributed by atoms with Gasteiger partial charge >= 0.3 is 0 Å². The highest BCUT2D eigenvalue weighted by Crippen LogP contribution is 2.14. The summed E-state index contributed by atoms with van der Waals surface area (Å²) in [5.41, 5.74) is 2.90. The molecule has 2 nitrogen and oxygen atoms in total. The quantitative estimate of drug-likeness (QED) is 0.878. The molecule has 1 fully saturated rings. The van der Waals surface area contributed by atoms with Crippen LogP contribution in [0.15, 0.2) is 47.2 Å². The lowest BCUT2D eigenvalue weighted by atomic mass is 10.0. The largest absolute Gasteiger partial charge is 0.314 e. The van der Waals surface area contributed by atoms with Gasteiger partial charge in [-0.15, -0.1) is 0 Å². The van der Waals surface area contributed by atoms with Crippen LogP contribution in [0, 0.1) is 0 Å². The van der Waals surface area contributed by atoms with Gasteiger partial charge in [-0.3, -0.25) is 4.90 Å². The summed E-state index contributed by atoms with van der Waals surface area (Å²) in [7, 11) is 0. The van der Waals surface area contributed by atoms with Gasteiger partial charge < -0.3 is 5.32 Å². The van der Waals surface area contributed by atoms with Crippen molar-refractivity contribution < 1.29 is 0 Å². The average Bonchev–Trinajstić information content (AvgIpc) is 3.03. The number of hydrogen-bond acceptors (Lipinski definition) is 3. The van der Waals surface area contributed by atoms with Crippen molar-refractivity contribution in [2.45, 2.75) is 31.8 Å². The smallest absolute Gasteiger partial charge is 0.0233 e. The predicted octanol–water partition coefficient (Wildman–Crippen LogP) is 3.54. The molecule has 0 unspecified atom stereocenters. The van der Waals surface area contributed by atoms with Crippen LogP contribution in [-0.2, 0) is 13.0 Å². The third-order valence-electron chi connectivity index (χ3n) is 4.26. The Balaban J connectivity index is 1.35. The van der Waals surface area contributed by atoms with E-state index < -0.39 is 0 Å². The van der Waals surface area contributed by atoms with Crippen molar-refractivity contribution in [2.24, 2.45) is 0 Å². The van der Waals surface area contributed by atoms with Gasteiger partial charge in [-0.1, -0.05) is 30.3 Å². The summed E-state index contributed by atoms with van der Waals surface area (Å²) in [5, 5.41) is 8.14. The van der Waals surface area contributed by atoms with Crippen molar-refractivity contribution in [2.75, 3.05) is 19.6 Å². The van der Waals surface area contributed by atoms with Gasteiger partial charge in [-0.2, -0.15) is 11.3 Å². The third kappa shape index (κ3) is 4.67. The molecule has 0 aliphatic carbocycles. The second-order valence-electron chi connectivity index (χ2n) is 5.87. The number of likely N-dealkylation sites (tertiary alicyclic amines) is 1. The van der Waals surface area contributed by atoms with Gasteiger partial charge in [0.25, 0.3) is 0 Å². The van der Waals surface area contributed by atoms with E-state index in [1.807, 2.05) is 0 Å². The van der Waals surface area contributed by atoms with Crippen LogP contribution in [0.5, 0.6) is 0 Å². The van der Waals surface area contributed by atoms with Crippen molar-refractivity contribution in [3.05, 3.63) is 58.3 Å². The molecule has 21 heavy (non-hydrogen) atoms. The number of piperidine rings is 1. The molecular weight excluding hydrogens is 276 g/mol. The average molecular weight is 300 g/mol. The molecule has 0 saturated carbocycles. The van der Waals surface area contributed by atoms with Crippen molar-refractivity contribution >= 4 is 11.3 Å². The van der Waals surface area contributed by atoms with Crippen molar-refractivity contribution in [1.29, 1.82) is 0 Å². The van der Waals surface area contributed by atoms with E-state index in [1.165, 1.54) is 37.1 Å². The zero-order valence-corrected chi connectivity index (χ0v) is 13.3. The predicted molar refractivity (Wildman–Crippen MR) is 90.8 cm³/mol. The number of rotatable bonds is 6. The standard InChI is InChI=1S/C18H24N2S/c1-2-4-16(5-3-1)14-20-11-7-18(8-12-20)19-10-6-17-9-13-21-15-17/h1-5,9,13,15,18-19H,6-8,10-12,14H2. The third-order valence-corrected chi connectivity index (χ3v) is 5.00. The van der Waals surface area contributed by atoms with E-state index in [0.717, 1.165) is 19.5 Å². The molecule has 2 heterocycles. The summed E-state index contributed by atoms with van der Waals surface area (Å²) >= 11 is 1.79. The van der Waals surface area contributed by atoms with Crippen molar-refractivity contribution in [3.8, 4) is 0 Å². The van der Waals surface area contributed by atoms with Crippen LogP contribution in [0.2, 0.25) is 0 Å². The van der Waals surface area contributed by atoms with E-state index in [2.05, 4.69) is 57.4 Å². The Morgan fingerprint density at radius 1 is 1.05 bits per heavy atom. The van der Waals surface area contributed by atoms with Gasteiger partial charge in [-0.25, -0.2) is 0 Å². The molecule has 112 valence electrons. The zero-order chi connectivity index (χ0) is 14.3. The molecule has 1 aliphatic heterocycles. The summed E-state index contributed by atoms with van der Waals surface area (Å²) in [6.45, 7) is 4.64. The summed E-state index contributed by atoms with van der Waals surface area (Å²) < 4.78 is 0. The molecule has 1 aromatic heterocycles. The normalized spacial score (nSPS) is 17.1. The minimum atomic E-state index is 0.704. The maximum Gasteiger partial charge on any atom is 0.0233 e. The fourth-order valence-electron chi connectivity index (χ4n) is 2.99. The molecule has 1 aliphatic rings. The van der Waals surface area contributed by atoms with E-state index in [4.69, 9.17) is 0 Å². The number of nitrogens with zero attached hydrogens (tertiary/aromatic N) is 1. The first-order valence-corrected chi connectivity index (χ1v) is 8.85. The minimum Gasteiger partial charge on any atom is -0.314 e. The molecule has 1 N–H and O–H groups in total. The maximum atomic E-state index is 3.72. The van der Waals surface area contributed by atoms with Crippen LogP contribution >= 0.6 is 11.3 Å². The van der Waals surface area contributed by atoms with Crippen molar-refractivity contribution in [3.63, 3.8) is 0 Å². The van der Waals surface area contributed by atoms with Crippen LogP contribution < -0.4 is 5.32 Å². The number of hydrogen-bond donors (Lipinski definition) is 1. The highest BCUT2D eigenvalue weighted by atomic mass is 32.1. The van der Waals surface area contributed by atoms with Crippen molar-refractivity contribution in [1.82, 2.24) is 10.2 Å². The van der Waals surface area contributed by atoms with Gasteiger partial charge in [-0.05, 0) is 66.9 Å². The molecule has 0 spiro atoms. The van der Waals surface area contributed by atoms with E-state index in [-0.39, 0.29) is 0 Å². The van der Waals surface area contributed by atoms with Gasteiger partial charge in [0.2, 0.25) is 0 Å². The molecule has 1 aromatic carbocycles. The van der Waals surface area contributed by atoms with Gasteiger partial charge in [0.05, 0.1) is 0 Å². The van der Waals surface area contributed by atoms with E-state index >= 15 is 0 Å². The van der Waals surface area contributed by atoms with Crippen LogP contribution in [0.3, 0.4) is 0 Å². The van der Waals surface area contributed by atoms with Crippen LogP contribution in [0.1, 0.15) is 24.0 Å². The Kier molecular flexibility index (Phi) is 5.44. The monoisotopic (exact) mass is 300 g/mol. The van der Waals surface area contributed by atoms with Crippen LogP contribution in [0.4, 0.5) is 0 Å². The minimum absolute atomic E-state index is 0.704.